The Bertz CT molecular complexity index is 1000. The van der Waals surface area contributed by atoms with E-state index in [0.717, 1.165) is 36.1 Å². The second kappa shape index (κ2) is 11.9. The molecule has 0 bridgehead atoms. The molecule has 182 valence electrons. The van der Waals surface area contributed by atoms with Gasteiger partial charge in [0.25, 0.3) is 5.91 Å². The quantitative estimate of drug-likeness (QED) is 0.542. The first-order valence-electron chi connectivity index (χ1n) is 12.3. The van der Waals surface area contributed by atoms with E-state index < -0.39 is 18.2 Å². The van der Waals surface area contributed by atoms with Crippen molar-refractivity contribution in [1.29, 1.82) is 0 Å². The van der Waals surface area contributed by atoms with Gasteiger partial charge in [-0.2, -0.15) is 0 Å². The first-order valence-corrected chi connectivity index (χ1v) is 12.3. The molecule has 2 N–H and O–H groups in total. The number of aliphatic imine (C=N–C) groups is 1. The summed E-state index contributed by atoms with van der Waals surface area (Å²) in [5.41, 5.74) is 3.10. The van der Waals surface area contributed by atoms with Gasteiger partial charge in [0.05, 0.1) is 23.4 Å². The van der Waals surface area contributed by atoms with Crippen molar-refractivity contribution >= 4 is 23.2 Å². The van der Waals surface area contributed by atoms with Gasteiger partial charge < -0.3 is 15.3 Å². The van der Waals surface area contributed by atoms with E-state index in [1.54, 1.807) is 11.9 Å². The highest BCUT2D eigenvalue weighted by atomic mass is 16.3. The first-order chi connectivity index (χ1) is 16.3. The smallest absolute Gasteiger partial charge is 0.272 e. The predicted octanol–water partition coefficient (Wildman–Crippen LogP) is 4.55. The van der Waals surface area contributed by atoms with Gasteiger partial charge in [0.2, 0.25) is 12.1 Å². The van der Waals surface area contributed by atoms with E-state index >= 15 is 0 Å². The molecule has 3 rings (SSSR count). The Hall–Kier alpha value is -2.99. The van der Waals surface area contributed by atoms with Crippen LogP contribution in [0.2, 0.25) is 0 Å². The number of nitrogens with zero attached hydrogens (tertiary/aromatic N) is 2. The van der Waals surface area contributed by atoms with Crippen LogP contribution in [0.15, 0.2) is 59.6 Å². The van der Waals surface area contributed by atoms with Crippen molar-refractivity contribution in [3.05, 3.63) is 65.7 Å². The zero-order valence-electron chi connectivity index (χ0n) is 20.7. The predicted molar refractivity (Wildman–Crippen MR) is 137 cm³/mol. The summed E-state index contributed by atoms with van der Waals surface area (Å²) in [6, 6.07) is 17.3. The summed E-state index contributed by atoms with van der Waals surface area (Å²) in [5.74, 6) is -0.792. The number of likely N-dealkylation sites (N-methyl/N-ethyl adjacent to an activating group) is 1. The molecule has 0 saturated heterocycles. The van der Waals surface area contributed by atoms with Crippen LogP contribution in [0.5, 0.6) is 0 Å². The monoisotopic (exact) mass is 463 g/mol. The number of aliphatic hydroxyl groups is 1. The molecule has 1 aliphatic rings. The van der Waals surface area contributed by atoms with Crippen LogP contribution in [0, 0.1) is 11.8 Å². The van der Waals surface area contributed by atoms with Crippen molar-refractivity contribution < 1.29 is 14.7 Å². The van der Waals surface area contributed by atoms with Gasteiger partial charge in [-0.25, -0.2) is 4.99 Å². The molecule has 1 aliphatic heterocycles. The first kappa shape index (κ1) is 25.6. The summed E-state index contributed by atoms with van der Waals surface area (Å²) in [4.78, 5) is 33.1. The van der Waals surface area contributed by atoms with Crippen molar-refractivity contribution in [3.63, 3.8) is 0 Å². The number of benzene rings is 2. The van der Waals surface area contributed by atoms with Crippen LogP contribution in [0.3, 0.4) is 0 Å². The number of hydrogen-bond acceptors (Lipinski definition) is 4. The molecule has 0 aliphatic carbocycles. The van der Waals surface area contributed by atoms with Gasteiger partial charge in [0.1, 0.15) is 0 Å². The van der Waals surface area contributed by atoms with Crippen LogP contribution in [0.1, 0.15) is 64.0 Å². The number of hydrogen-bond donors (Lipinski definition) is 2. The van der Waals surface area contributed by atoms with Crippen molar-refractivity contribution in [2.75, 3.05) is 11.9 Å². The maximum absolute atomic E-state index is 13.4. The molecule has 0 aromatic heterocycles. The van der Waals surface area contributed by atoms with Crippen molar-refractivity contribution in [2.24, 2.45) is 16.8 Å². The highest BCUT2D eigenvalue weighted by molar-refractivity contribution is 6.20. The highest BCUT2D eigenvalue weighted by Gasteiger charge is 2.34. The molecule has 0 unspecified atom stereocenters. The zero-order valence-corrected chi connectivity index (χ0v) is 20.7. The number of benzodiazepines with no additional fused rings is 1. The third-order valence-corrected chi connectivity index (χ3v) is 6.38. The number of rotatable bonds is 10. The van der Waals surface area contributed by atoms with Crippen molar-refractivity contribution in [2.45, 2.75) is 65.1 Å². The summed E-state index contributed by atoms with van der Waals surface area (Å²) in [6.07, 6.45) is 1.94. The van der Waals surface area contributed by atoms with E-state index in [9.17, 15) is 14.7 Å². The fourth-order valence-electron chi connectivity index (χ4n) is 4.31. The third kappa shape index (κ3) is 6.11. The van der Waals surface area contributed by atoms with Crippen LogP contribution in [-0.4, -0.2) is 41.9 Å². The molecule has 0 fully saturated rings. The van der Waals surface area contributed by atoms with E-state index in [1.807, 2.05) is 54.6 Å². The van der Waals surface area contributed by atoms with Crippen molar-refractivity contribution in [3.8, 4) is 0 Å². The molecule has 2 amide bonds. The van der Waals surface area contributed by atoms with Gasteiger partial charge >= 0.3 is 0 Å². The maximum Gasteiger partial charge on any atom is 0.272 e. The molecule has 2 aromatic carbocycles. The van der Waals surface area contributed by atoms with Gasteiger partial charge in [0, 0.05) is 18.2 Å². The average molecular weight is 464 g/mol. The molecule has 1 heterocycles. The molecular formula is C28H37N3O3. The van der Waals surface area contributed by atoms with Gasteiger partial charge in [-0.1, -0.05) is 88.6 Å². The van der Waals surface area contributed by atoms with Gasteiger partial charge in [0.15, 0.2) is 0 Å². The number of para-hydroxylation sites is 1. The minimum Gasteiger partial charge on any atom is -0.392 e. The van der Waals surface area contributed by atoms with Crippen LogP contribution < -0.4 is 10.2 Å². The number of anilines is 1. The number of amides is 2. The molecule has 0 spiro atoms. The lowest BCUT2D eigenvalue weighted by molar-refractivity contribution is -0.133. The number of carbonyl (C=O) groups excluding carboxylic acids is 2. The standard InChI is InChI=1S/C28H37N3O3/c1-5-6-16-24(32)22(18-17-19(2)3)27(33)30-26-28(34)31(4)23-15-11-10-14-21(23)25(29-26)20-12-8-7-9-13-20/h7-15,19,22,24,26,32H,5-6,16-18H2,1-4H3,(H,30,33)/t22-,24+,26-/m1/s1. The van der Waals surface area contributed by atoms with Crippen LogP contribution in [0.4, 0.5) is 5.69 Å². The number of fused-ring (bicyclic) bond motifs is 1. The molecule has 0 radical (unpaired) electrons. The lowest BCUT2D eigenvalue weighted by Gasteiger charge is -2.26. The number of carbonyl (C=O) groups is 2. The Labute approximate surface area is 203 Å². The van der Waals surface area contributed by atoms with E-state index in [0.29, 0.717) is 24.5 Å². The van der Waals surface area contributed by atoms with E-state index in [1.165, 1.54) is 0 Å². The van der Waals surface area contributed by atoms with Crippen LogP contribution in [-0.2, 0) is 9.59 Å². The van der Waals surface area contributed by atoms with Gasteiger partial charge in [-0.15, -0.1) is 0 Å². The summed E-state index contributed by atoms with van der Waals surface area (Å²) >= 11 is 0. The zero-order chi connectivity index (χ0) is 24.7. The SMILES string of the molecule is CCCC[C@H](O)[C@@H](CCC(C)C)C(=O)N[C@H]1N=C(c2ccccc2)c2ccccc2N(C)C1=O. The number of unbranched alkanes of at least 4 members (excludes halogenated alkanes) is 1. The lowest BCUT2D eigenvalue weighted by atomic mass is 9.89. The largest absolute Gasteiger partial charge is 0.392 e. The summed E-state index contributed by atoms with van der Waals surface area (Å²) < 4.78 is 0. The van der Waals surface area contributed by atoms with E-state index in [4.69, 9.17) is 4.99 Å². The molecule has 2 aromatic rings. The number of aliphatic hydroxyl groups excluding tert-OH is 1. The molecule has 6 heteroatoms. The van der Waals surface area contributed by atoms with Crippen molar-refractivity contribution in [1.82, 2.24) is 5.32 Å². The Kier molecular flexibility index (Phi) is 8.99. The lowest BCUT2D eigenvalue weighted by Crippen LogP contribution is -2.49. The third-order valence-electron chi connectivity index (χ3n) is 6.38. The molecule has 0 saturated carbocycles. The minimum absolute atomic E-state index is 0.308. The van der Waals surface area contributed by atoms with E-state index in [2.05, 4.69) is 26.1 Å². The topological polar surface area (TPSA) is 82.0 Å². The Morgan fingerprint density at radius 3 is 2.41 bits per heavy atom. The second-order valence-corrected chi connectivity index (χ2v) is 9.46. The van der Waals surface area contributed by atoms with Gasteiger partial charge in [-0.3, -0.25) is 9.59 Å². The van der Waals surface area contributed by atoms with Crippen LogP contribution >= 0.6 is 0 Å². The fraction of sp³-hybridized carbons (Fsp3) is 0.464. The Balaban J connectivity index is 1.95. The summed E-state index contributed by atoms with van der Waals surface area (Å²) in [5, 5.41) is 13.7. The molecule has 3 atom stereocenters. The fourth-order valence-corrected chi connectivity index (χ4v) is 4.31. The van der Waals surface area contributed by atoms with Crippen LogP contribution in [0.25, 0.3) is 0 Å². The second-order valence-electron chi connectivity index (χ2n) is 9.46. The maximum atomic E-state index is 13.4. The molecule has 6 nitrogen and oxygen atoms in total. The summed E-state index contributed by atoms with van der Waals surface area (Å²) in [7, 11) is 1.70. The van der Waals surface area contributed by atoms with Gasteiger partial charge in [-0.05, 0) is 24.8 Å². The molecule has 34 heavy (non-hydrogen) atoms. The normalized spacial score (nSPS) is 17.6. The Morgan fingerprint density at radius 2 is 1.74 bits per heavy atom. The van der Waals surface area contributed by atoms with E-state index in [-0.39, 0.29) is 11.8 Å². The highest BCUT2D eigenvalue weighted by Crippen LogP contribution is 2.27. The minimum atomic E-state index is -1.07. The average Bonchev–Trinajstić information content (AvgIpc) is 2.94. The summed E-state index contributed by atoms with van der Waals surface area (Å²) in [6.45, 7) is 6.27. The molecular weight excluding hydrogens is 426 g/mol. The Morgan fingerprint density at radius 1 is 1.06 bits per heavy atom. The number of nitrogens with one attached hydrogen (secondary N) is 1.